The Morgan fingerprint density at radius 2 is 2.05 bits per heavy atom. The lowest BCUT2D eigenvalue weighted by Gasteiger charge is -2.10. The van der Waals surface area contributed by atoms with Crippen molar-refractivity contribution < 1.29 is 18.7 Å². The summed E-state index contributed by atoms with van der Waals surface area (Å²) in [5.74, 6) is 1.14. The van der Waals surface area contributed by atoms with Crippen molar-refractivity contribution in [1.82, 2.24) is 0 Å². The van der Waals surface area contributed by atoms with Crippen LogP contribution in [0.2, 0.25) is 0 Å². The maximum Gasteiger partial charge on any atom is 0.348 e. The fourth-order valence-electron chi connectivity index (χ4n) is 1.97. The first-order chi connectivity index (χ1) is 10.5. The topological polar surface area (TPSA) is 72.5 Å². The summed E-state index contributed by atoms with van der Waals surface area (Å²) in [5, 5.41) is 8.92. The zero-order valence-electron chi connectivity index (χ0n) is 12.4. The Morgan fingerprint density at radius 3 is 2.59 bits per heavy atom. The number of halogens is 1. The number of rotatable bonds is 4. The largest absolute Gasteiger partial charge is 0.490 e. The normalized spacial score (nSPS) is 10.1. The predicted molar refractivity (Wildman–Crippen MR) is 83.2 cm³/mol. The molecule has 0 aliphatic rings. The van der Waals surface area contributed by atoms with Gasteiger partial charge in [-0.3, -0.25) is 0 Å². The standard InChI is InChI=1S/C16H14BrNO4/c1-4-20-13-7-11(8-18)5-6-12(13)22-16(19)14-9(2)21-10(3)15(14)17/h5-7H,4H2,1-3H3. The van der Waals surface area contributed by atoms with E-state index in [0.29, 0.717) is 39.5 Å². The molecule has 0 saturated carbocycles. The minimum absolute atomic E-state index is 0.260. The molecule has 0 atom stereocenters. The van der Waals surface area contributed by atoms with Crippen LogP contribution in [-0.2, 0) is 0 Å². The van der Waals surface area contributed by atoms with E-state index in [0.717, 1.165) is 0 Å². The van der Waals surface area contributed by atoms with Crippen LogP contribution in [0.1, 0.15) is 34.4 Å². The number of carbonyl (C=O) groups is 1. The first kappa shape index (κ1) is 16.1. The van der Waals surface area contributed by atoms with Gasteiger partial charge in [-0.15, -0.1) is 0 Å². The van der Waals surface area contributed by atoms with Gasteiger partial charge in [-0.2, -0.15) is 5.26 Å². The first-order valence-corrected chi connectivity index (χ1v) is 7.41. The lowest BCUT2D eigenvalue weighted by Crippen LogP contribution is -2.10. The number of esters is 1. The van der Waals surface area contributed by atoms with Crippen LogP contribution in [0.25, 0.3) is 0 Å². The Labute approximate surface area is 136 Å². The fraction of sp³-hybridized carbons (Fsp3) is 0.250. The van der Waals surface area contributed by atoms with Crippen LogP contribution < -0.4 is 9.47 Å². The number of nitriles is 1. The highest BCUT2D eigenvalue weighted by Gasteiger charge is 2.23. The number of hydrogen-bond donors (Lipinski definition) is 0. The summed E-state index contributed by atoms with van der Waals surface area (Å²) in [4.78, 5) is 12.3. The molecule has 0 radical (unpaired) electrons. The summed E-state index contributed by atoms with van der Waals surface area (Å²) in [7, 11) is 0. The Morgan fingerprint density at radius 1 is 1.32 bits per heavy atom. The van der Waals surface area contributed by atoms with Crippen LogP contribution in [0, 0.1) is 25.2 Å². The Hall–Kier alpha value is -2.26. The third-order valence-electron chi connectivity index (χ3n) is 2.97. The minimum atomic E-state index is -0.549. The Balaban J connectivity index is 2.34. The van der Waals surface area contributed by atoms with E-state index in [1.54, 1.807) is 19.9 Å². The summed E-state index contributed by atoms with van der Waals surface area (Å²) in [6.45, 7) is 5.65. The molecule has 0 unspecified atom stereocenters. The highest BCUT2D eigenvalue weighted by molar-refractivity contribution is 9.10. The number of nitrogens with zero attached hydrogens (tertiary/aromatic N) is 1. The molecule has 1 heterocycles. The molecule has 2 aromatic rings. The maximum absolute atomic E-state index is 12.3. The fourth-order valence-corrected chi connectivity index (χ4v) is 2.49. The molecule has 0 spiro atoms. The number of furan rings is 1. The molecule has 0 saturated heterocycles. The van der Waals surface area contributed by atoms with E-state index < -0.39 is 5.97 Å². The Kier molecular flexibility index (Phi) is 4.88. The number of hydrogen-bond acceptors (Lipinski definition) is 5. The van der Waals surface area contributed by atoms with Gasteiger partial charge in [0.2, 0.25) is 0 Å². The molecule has 2 rings (SSSR count). The van der Waals surface area contributed by atoms with Crippen molar-refractivity contribution in [2.75, 3.05) is 6.61 Å². The monoisotopic (exact) mass is 363 g/mol. The van der Waals surface area contributed by atoms with Crippen LogP contribution >= 0.6 is 15.9 Å². The third kappa shape index (κ3) is 3.15. The van der Waals surface area contributed by atoms with Gasteiger partial charge in [0.05, 0.1) is 22.7 Å². The number of carbonyl (C=O) groups excluding carboxylic acids is 1. The summed E-state index contributed by atoms with van der Waals surface area (Å²) in [5.41, 5.74) is 0.768. The van der Waals surface area contributed by atoms with Crippen LogP contribution in [-0.4, -0.2) is 12.6 Å². The molecule has 5 nitrogen and oxygen atoms in total. The van der Waals surface area contributed by atoms with E-state index in [-0.39, 0.29) is 5.75 Å². The predicted octanol–water partition coefficient (Wildman–Crippen LogP) is 4.15. The zero-order chi connectivity index (χ0) is 16.3. The van der Waals surface area contributed by atoms with Crippen molar-refractivity contribution in [1.29, 1.82) is 5.26 Å². The van der Waals surface area contributed by atoms with E-state index in [1.165, 1.54) is 12.1 Å². The first-order valence-electron chi connectivity index (χ1n) is 6.62. The summed E-state index contributed by atoms with van der Waals surface area (Å²) in [6.07, 6.45) is 0. The van der Waals surface area contributed by atoms with Crippen molar-refractivity contribution in [2.45, 2.75) is 20.8 Å². The molecular weight excluding hydrogens is 350 g/mol. The van der Waals surface area contributed by atoms with Crippen molar-refractivity contribution in [2.24, 2.45) is 0 Å². The second kappa shape index (κ2) is 6.67. The zero-order valence-corrected chi connectivity index (χ0v) is 14.0. The number of ether oxygens (including phenoxy) is 2. The number of aryl methyl sites for hydroxylation is 2. The van der Waals surface area contributed by atoms with Crippen LogP contribution in [0.4, 0.5) is 0 Å². The van der Waals surface area contributed by atoms with Crippen molar-refractivity contribution in [3.8, 4) is 17.6 Å². The molecule has 0 fully saturated rings. The third-order valence-corrected chi connectivity index (χ3v) is 3.92. The molecule has 0 aliphatic heterocycles. The van der Waals surface area contributed by atoms with Gasteiger partial charge in [0.1, 0.15) is 17.1 Å². The molecule has 0 amide bonds. The average molecular weight is 364 g/mol. The van der Waals surface area contributed by atoms with E-state index in [1.807, 2.05) is 13.0 Å². The average Bonchev–Trinajstić information content (AvgIpc) is 2.74. The van der Waals surface area contributed by atoms with Crippen LogP contribution in [0.3, 0.4) is 0 Å². The number of benzene rings is 1. The van der Waals surface area contributed by atoms with E-state index in [9.17, 15) is 4.79 Å². The molecule has 0 N–H and O–H groups in total. The SMILES string of the molecule is CCOc1cc(C#N)ccc1OC(=O)c1c(C)oc(C)c1Br. The second-order valence-electron chi connectivity index (χ2n) is 4.50. The molecule has 114 valence electrons. The van der Waals surface area contributed by atoms with Crippen molar-refractivity contribution in [3.63, 3.8) is 0 Å². The lowest BCUT2D eigenvalue weighted by molar-refractivity contribution is 0.0725. The van der Waals surface area contributed by atoms with E-state index in [4.69, 9.17) is 19.2 Å². The van der Waals surface area contributed by atoms with Gasteiger partial charge >= 0.3 is 5.97 Å². The van der Waals surface area contributed by atoms with Gasteiger partial charge in [-0.05, 0) is 48.8 Å². The quantitative estimate of drug-likeness (QED) is 0.602. The van der Waals surface area contributed by atoms with Gasteiger partial charge in [-0.25, -0.2) is 4.79 Å². The lowest BCUT2D eigenvalue weighted by atomic mass is 10.2. The Bertz CT molecular complexity index is 758. The molecule has 0 aliphatic carbocycles. The molecule has 1 aromatic carbocycles. The molecule has 22 heavy (non-hydrogen) atoms. The molecule has 0 bridgehead atoms. The smallest absolute Gasteiger partial charge is 0.348 e. The summed E-state index contributed by atoms with van der Waals surface area (Å²) < 4.78 is 16.8. The molecular formula is C16H14BrNO4. The second-order valence-corrected chi connectivity index (χ2v) is 5.29. The highest BCUT2D eigenvalue weighted by atomic mass is 79.9. The van der Waals surface area contributed by atoms with Crippen LogP contribution in [0.15, 0.2) is 27.1 Å². The molecule has 1 aromatic heterocycles. The van der Waals surface area contributed by atoms with Crippen molar-refractivity contribution in [3.05, 3.63) is 45.3 Å². The van der Waals surface area contributed by atoms with Crippen molar-refractivity contribution >= 4 is 21.9 Å². The van der Waals surface area contributed by atoms with E-state index >= 15 is 0 Å². The highest BCUT2D eigenvalue weighted by Crippen LogP contribution is 2.32. The van der Waals surface area contributed by atoms with Crippen LogP contribution in [0.5, 0.6) is 11.5 Å². The summed E-state index contributed by atoms with van der Waals surface area (Å²) in [6, 6.07) is 6.66. The maximum atomic E-state index is 12.3. The van der Waals surface area contributed by atoms with Gasteiger partial charge in [0.25, 0.3) is 0 Å². The molecule has 6 heteroatoms. The van der Waals surface area contributed by atoms with Gasteiger partial charge in [0, 0.05) is 6.07 Å². The minimum Gasteiger partial charge on any atom is -0.490 e. The van der Waals surface area contributed by atoms with Gasteiger partial charge in [0.15, 0.2) is 11.5 Å². The summed E-state index contributed by atoms with van der Waals surface area (Å²) >= 11 is 3.32. The van der Waals surface area contributed by atoms with Gasteiger partial charge < -0.3 is 13.9 Å². The van der Waals surface area contributed by atoms with Gasteiger partial charge in [-0.1, -0.05) is 0 Å². The van der Waals surface area contributed by atoms with E-state index in [2.05, 4.69) is 15.9 Å².